The molecule has 0 saturated carbocycles. The average Bonchev–Trinajstić information content (AvgIpc) is 3.14. The molecule has 0 fully saturated rings. The molecule has 0 radical (unpaired) electrons. The topological polar surface area (TPSA) is 64.7 Å². The quantitative estimate of drug-likeness (QED) is 0.704. The van der Waals surface area contributed by atoms with Crippen LogP contribution in [0.1, 0.15) is 45.5 Å². The number of carbonyl (C=O) groups is 1. The van der Waals surface area contributed by atoms with Crippen LogP contribution in [0.25, 0.3) is 0 Å². The number of aromatic nitrogens is 4. The first-order chi connectivity index (χ1) is 12.9. The maximum Gasteiger partial charge on any atom is 0.251 e. The van der Waals surface area contributed by atoms with E-state index in [9.17, 15) is 4.79 Å². The highest BCUT2D eigenvalue weighted by Gasteiger charge is 2.12. The Kier molecular flexibility index (Phi) is 5.65. The first kappa shape index (κ1) is 19.2. The van der Waals surface area contributed by atoms with Gasteiger partial charge in [-0.1, -0.05) is 23.7 Å². The van der Waals surface area contributed by atoms with E-state index in [2.05, 4.69) is 15.5 Å². The number of aryl methyl sites for hydroxylation is 2. The number of hydrogen-bond acceptors (Lipinski definition) is 3. The van der Waals surface area contributed by atoms with Gasteiger partial charge in [0.15, 0.2) is 0 Å². The van der Waals surface area contributed by atoms with E-state index in [1.165, 1.54) is 0 Å². The van der Waals surface area contributed by atoms with Crippen molar-refractivity contribution >= 4 is 17.5 Å². The SMILES string of the molecule is CCn1ncc(CNC(=O)c2cccc(Cn3nc(C)c(Cl)c3C)c2)c1C. The normalized spacial score (nSPS) is 11.0. The Morgan fingerprint density at radius 2 is 1.96 bits per heavy atom. The van der Waals surface area contributed by atoms with Crippen LogP contribution in [-0.4, -0.2) is 25.5 Å². The Labute approximate surface area is 164 Å². The Morgan fingerprint density at radius 1 is 1.19 bits per heavy atom. The molecule has 0 saturated heterocycles. The first-order valence-corrected chi connectivity index (χ1v) is 9.36. The van der Waals surface area contributed by atoms with E-state index in [1.807, 2.05) is 67.5 Å². The van der Waals surface area contributed by atoms with Gasteiger partial charge in [-0.05, 0) is 45.4 Å². The molecule has 142 valence electrons. The zero-order valence-electron chi connectivity index (χ0n) is 16.1. The van der Waals surface area contributed by atoms with Gasteiger partial charge in [0.25, 0.3) is 5.91 Å². The summed E-state index contributed by atoms with van der Waals surface area (Å²) in [5, 5.41) is 12.4. The molecule has 27 heavy (non-hydrogen) atoms. The zero-order valence-corrected chi connectivity index (χ0v) is 16.8. The van der Waals surface area contributed by atoms with E-state index in [0.717, 1.165) is 34.8 Å². The van der Waals surface area contributed by atoms with E-state index in [4.69, 9.17) is 11.6 Å². The highest BCUT2D eigenvalue weighted by atomic mass is 35.5. The van der Waals surface area contributed by atoms with Crippen LogP contribution in [0, 0.1) is 20.8 Å². The lowest BCUT2D eigenvalue weighted by Crippen LogP contribution is -2.23. The summed E-state index contributed by atoms with van der Waals surface area (Å²) in [7, 11) is 0. The fourth-order valence-electron chi connectivity index (χ4n) is 3.07. The number of benzene rings is 1. The fourth-order valence-corrected chi connectivity index (χ4v) is 3.20. The predicted octanol–water partition coefficient (Wildman–Crippen LogP) is 3.66. The second kappa shape index (κ2) is 7.96. The molecule has 7 heteroatoms. The summed E-state index contributed by atoms with van der Waals surface area (Å²) < 4.78 is 3.78. The summed E-state index contributed by atoms with van der Waals surface area (Å²) in [4.78, 5) is 12.6. The van der Waals surface area contributed by atoms with Crippen molar-refractivity contribution in [3.63, 3.8) is 0 Å². The van der Waals surface area contributed by atoms with E-state index in [-0.39, 0.29) is 5.91 Å². The van der Waals surface area contributed by atoms with Crippen LogP contribution in [0.3, 0.4) is 0 Å². The van der Waals surface area contributed by atoms with Gasteiger partial charge in [-0.3, -0.25) is 14.2 Å². The molecule has 1 amide bonds. The van der Waals surface area contributed by atoms with Crippen LogP contribution in [0.2, 0.25) is 5.02 Å². The first-order valence-electron chi connectivity index (χ1n) is 8.98. The standard InChI is InChI=1S/C20H24ClN5O/c1-5-25-14(3)18(11-23-25)10-22-20(27)17-8-6-7-16(9-17)12-26-15(4)19(21)13(2)24-26/h6-9,11H,5,10,12H2,1-4H3,(H,22,27). The maximum atomic E-state index is 12.6. The predicted molar refractivity (Wildman–Crippen MR) is 106 cm³/mol. The molecule has 0 aliphatic heterocycles. The molecular weight excluding hydrogens is 362 g/mol. The van der Waals surface area contributed by atoms with E-state index >= 15 is 0 Å². The Morgan fingerprint density at radius 3 is 2.59 bits per heavy atom. The molecule has 1 aromatic carbocycles. The minimum atomic E-state index is -0.105. The van der Waals surface area contributed by atoms with Crippen LogP contribution < -0.4 is 5.32 Å². The molecule has 3 rings (SSSR count). The van der Waals surface area contributed by atoms with Crippen molar-refractivity contribution in [3.8, 4) is 0 Å². The van der Waals surface area contributed by atoms with Crippen molar-refractivity contribution in [2.24, 2.45) is 0 Å². The number of halogens is 1. The lowest BCUT2D eigenvalue weighted by molar-refractivity contribution is 0.0950. The largest absolute Gasteiger partial charge is 0.348 e. The van der Waals surface area contributed by atoms with E-state index < -0.39 is 0 Å². The third kappa shape index (κ3) is 4.06. The second-order valence-corrected chi connectivity index (χ2v) is 6.97. The smallest absolute Gasteiger partial charge is 0.251 e. The minimum Gasteiger partial charge on any atom is -0.348 e. The van der Waals surface area contributed by atoms with E-state index in [1.54, 1.807) is 0 Å². The highest BCUT2D eigenvalue weighted by molar-refractivity contribution is 6.31. The minimum absolute atomic E-state index is 0.105. The molecule has 0 spiro atoms. The van der Waals surface area contributed by atoms with Crippen molar-refractivity contribution in [1.29, 1.82) is 0 Å². The summed E-state index contributed by atoms with van der Waals surface area (Å²) in [6.07, 6.45) is 1.81. The highest BCUT2D eigenvalue weighted by Crippen LogP contribution is 2.20. The Bertz CT molecular complexity index is 973. The van der Waals surface area contributed by atoms with Gasteiger partial charge in [-0.2, -0.15) is 10.2 Å². The van der Waals surface area contributed by atoms with Crippen molar-refractivity contribution in [2.45, 2.75) is 47.3 Å². The number of amides is 1. The van der Waals surface area contributed by atoms with Gasteiger partial charge in [0.2, 0.25) is 0 Å². The summed E-state index contributed by atoms with van der Waals surface area (Å²) in [6, 6.07) is 7.58. The molecule has 1 N–H and O–H groups in total. The van der Waals surface area contributed by atoms with Gasteiger partial charge in [0.1, 0.15) is 0 Å². The van der Waals surface area contributed by atoms with Crippen LogP contribution in [0.15, 0.2) is 30.5 Å². The van der Waals surface area contributed by atoms with Crippen molar-refractivity contribution in [1.82, 2.24) is 24.9 Å². The molecule has 0 atom stereocenters. The molecule has 0 aliphatic carbocycles. The number of hydrogen-bond donors (Lipinski definition) is 1. The number of nitrogens with zero attached hydrogens (tertiary/aromatic N) is 4. The lowest BCUT2D eigenvalue weighted by atomic mass is 10.1. The fraction of sp³-hybridized carbons (Fsp3) is 0.350. The number of nitrogens with one attached hydrogen (secondary N) is 1. The molecule has 0 aliphatic rings. The van der Waals surface area contributed by atoms with Crippen LogP contribution in [-0.2, 0) is 19.6 Å². The molecule has 2 heterocycles. The second-order valence-electron chi connectivity index (χ2n) is 6.60. The molecule has 0 unspecified atom stereocenters. The third-order valence-corrected chi connectivity index (χ3v) is 5.31. The lowest BCUT2D eigenvalue weighted by Gasteiger charge is -2.09. The Balaban J connectivity index is 1.69. The van der Waals surface area contributed by atoms with Crippen LogP contribution >= 0.6 is 11.6 Å². The third-order valence-electron chi connectivity index (χ3n) is 4.76. The monoisotopic (exact) mass is 385 g/mol. The average molecular weight is 386 g/mol. The van der Waals surface area contributed by atoms with Crippen molar-refractivity contribution in [3.05, 3.63) is 69.3 Å². The summed E-state index contributed by atoms with van der Waals surface area (Å²) >= 11 is 6.22. The molecule has 2 aromatic heterocycles. The van der Waals surface area contributed by atoms with Gasteiger partial charge >= 0.3 is 0 Å². The van der Waals surface area contributed by atoms with Crippen molar-refractivity contribution < 1.29 is 4.79 Å². The van der Waals surface area contributed by atoms with Gasteiger partial charge in [-0.15, -0.1) is 0 Å². The molecule has 3 aromatic rings. The van der Waals surface area contributed by atoms with Gasteiger partial charge in [0, 0.05) is 29.9 Å². The molecule has 0 bridgehead atoms. The van der Waals surface area contributed by atoms with Crippen LogP contribution in [0.4, 0.5) is 0 Å². The van der Waals surface area contributed by atoms with Gasteiger partial charge in [-0.25, -0.2) is 0 Å². The maximum absolute atomic E-state index is 12.6. The number of rotatable bonds is 6. The summed E-state index contributed by atoms with van der Waals surface area (Å²) in [6.45, 7) is 9.74. The Hall–Kier alpha value is -2.60. The zero-order chi connectivity index (χ0) is 19.6. The van der Waals surface area contributed by atoms with Gasteiger partial charge in [0.05, 0.1) is 29.2 Å². The summed E-state index contributed by atoms with van der Waals surface area (Å²) in [5.74, 6) is -0.105. The van der Waals surface area contributed by atoms with Crippen LogP contribution in [0.5, 0.6) is 0 Å². The van der Waals surface area contributed by atoms with E-state index in [0.29, 0.717) is 23.7 Å². The molecular formula is C20H24ClN5O. The number of carbonyl (C=O) groups excluding carboxylic acids is 1. The summed E-state index contributed by atoms with van der Waals surface area (Å²) in [5.41, 5.74) is 5.46. The molecule has 6 nitrogen and oxygen atoms in total. The van der Waals surface area contributed by atoms with Crippen molar-refractivity contribution in [2.75, 3.05) is 0 Å². The van der Waals surface area contributed by atoms with Gasteiger partial charge < -0.3 is 5.32 Å².